The molecule has 0 aliphatic heterocycles. The van der Waals surface area contributed by atoms with Gasteiger partial charge >= 0.3 is 0 Å². The number of hydrogen-bond acceptors (Lipinski definition) is 7. The predicted octanol–water partition coefficient (Wildman–Crippen LogP) is 2.29. The van der Waals surface area contributed by atoms with Gasteiger partial charge in [0, 0.05) is 24.2 Å². The first-order chi connectivity index (χ1) is 13.6. The van der Waals surface area contributed by atoms with E-state index in [9.17, 15) is 4.79 Å². The van der Waals surface area contributed by atoms with Crippen molar-refractivity contribution >= 4 is 5.91 Å². The number of methoxy groups -OCH3 is 4. The van der Waals surface area contributed by atoms with Crippen LogP contribution in [0, 0.1) is 11.3 Å². The fourth-order valence-corrected chi connectivity index (χ4v) is 2.48. The third-order valence-electron chi connectivity index (χ3n) is 3.91. The molecule has 0 spiro atoms. The van der Waals surface area contributed by atoms with Crippen molar-refractivity contribution in [2.45, 2.75) is 6.54 Å². The quantitative estimate of drug-likeness (QED) is 0.706. The standard InChI is InChI=1S/C20H22N2O6/c1-24-16-9-19(27-4)18(26-3)8-14(16)11-22-20(23)12-28-15-6-5-13(10-21)7-17(15)25-2/h5-9H,11-12H2,1-4H3,(H,22,23). The smallest absolute Gasteiger partial charge is 0.258 e. The third kappa shape index (κ3) is 4.98. The maximum Gasteiger partial charge on any atom is 0.258 e. The first kappa shape index (κ1) is 20.7. The van der Waals surface area contributed by atoms with Crippen molar-refractivity contribution in [3.63, 3.8) is 0 Å². The molecule has 0 aliphatic carbocycles. The van der Waals surface area contributed by atoms with E-state index in [1.165, 1.54) is 28.4 Å². The Morgan fingerprint density at radius 3 is 2.11 bits per heavy atom. The third-order valence-corrected chi connectivity index (χ3v) is 3.91. The second-order valence-electron chi connectivity index (χ2n) is 5.56. The lowest BCUT2D eigenvalue weighted by atomic mass is 10.1. The van der Waals surface area contributed by atoms with Crippen LogP contribution in [0.3, 0.4) is 0 Å². The molecule has 0 aromatic heterocycles. The summed E-state index contributed by atoms with van der Waals surface area (Å²) in [5.74, 6) is 2.06. The summed E-state index contributed by atoms with van der Waals surface area (Å²) in [6.45, 7) is 0.00803. The fourth-order valence-electron chi connectivity index (χ4n) is 2.48. The molecule has 8 nitrogen and oxygen atoms in total. The van der Waals surface area contributed by atoms with Gasteiger partial charge < -0.3 is 29.0 Å². The summed E-state index contributed by atoms with van der Waals surface area (Å²) < 4.78 is 26.5. The summed E-state index contributed by atoms with van der Waals surface area (Å²) in [6, 6.07) is 10.2. The number of hydrogen-bond donors (Lipinski definition) is 1. The minimum atomic E-state index is -0.330. The molecule has 2 rings (SSSR count). The van der Waals surface area contributed by atoms with Crippen molar-refractivity contribution < 1.29 is 28.5 Å². The molecule has 0 heterocycles. The summed E-state index contributed by atoms with van der Waals surface area (Å²) in [5, 5.41) is 11.7. The Kier molecular flexibility index (Phi) is 7.34. The molecule has 2 aromatic carbocycles. The van der Waals surface area contributed by atoms with E-state index in [4.69, 9.17) is 28.9 Å². The number of carbonyl (C=O) groups is 1. The molecule has 0 atom stereocenters. The highest BCUT2D eigenvalue weighted by atomic mass is 16.5. The van der Waals surface area contributed by atoms with Gasteiger partial charge in [0.05, 0.1) is 40.1 Å². The van der Waals surface area contributed by atoms with Gasteiger partial charge in [-0.2, -0.15) is 5.26 Å². The molecule has 0 fully saturated rings. The Morgan fingerprint density at radius 2 is 1.50 bits per heavy atom. The molecule has 2 aromatic rings. The SMILES string of the molecule is COc1cc(OC)c(OC)cc1CNC(=O)COc1ccc(C#N)cc1OC. The van der Waals surface area contributed by atoms with Crippen LogP contribution in [0.1, 0.15) is 11.1 Å². The molecule has 0 saturated heterocycles. The van der Waals surface area contributed by atoms with Crippen LogP contribution in [0.25, 0.3) is 0 Å². The van der Waals surface area contributed by atoms with Crippen molar-refractivity contribution in [3.05, 3.63) is 41.5 Å². The Balaban J connectivity index is 2.00. The maximum absolute atomic E-state index is 12.2. The van der Waals surface area contributed by atoms with Gasteiger partial charge in [0.15, 0.2) is 29.6 Å². The second kappa shape index (κ2) is 9.92. The van der Waals surface area contributed by atoms with E-state index in [-0.39, 0.29) is 19.1 Å². The maximum atomic E-state index is 12.2. The number of nitriles is 1. The zero-order valence-corrected chi connectivity index (χ0v) is 16.2. The largest absolute Gasteiger partial charge is 0.496 e. The van der Waals surface area contributed by atoms with Crippen molar-refractivity contribution in [3.8, 4) is 34.8 Å². The monoisotopic (exact) mass is 386 g/mol. The van der Waals surface area contributed by atoms with Gasteiger partial charge in [-0.15, -0.1) is 0 Å². The second-order valence-corrected chi connectivity index (χ2v) is 5.56. The van der Waals surface area contributed by atoms with E-state index in [2.05, 4.69) is 5.32 Å². The highest BCUT2D eigenvalue weighted by Gasteiger charge is 2.13. The van der Waals surface area contributed by atoms with Crippen LogP contribution in [-0.4, -0.2) is 41.0 Å². The van der Waals surface area contributed by atoms with Crippen molar-refractivity contribution in [1.29, 1.82) is 5.26 Å². The Bertz CT molecular complexity index is 876. The minimum Gasteiger partial charge on any atom is -0.496 e. The van der Waals surface area contributed by atoms with Crippen molar-refractivity contribution in [2.24, 2.45) is 0 Å². The normalized spacial score (nSPS) is 9.82. The number of ether oxygens (including phenoxy) is 5. The molecule has 1 amide bonds. The molecule has 0 unspecified atom stereocenters. The van der Waals surface area contributed by atoms with Crippen LogP contribution in [-0.2, 0) is 11.3 Å². The first-order valence-corrected chi connectivity index (χ1v) is 8.32. The van der Waals surface area contributed by atoms with E-state index >= 15 is 0 Å². The minimum absolute atomic E-state index is 0.210. The lowest BCUT2D eigenvalue weighted by Gasteiger charge is -2.15. The number of nitrogens with zero attached hydrogens (tertiary/aromatic N) is 1. The number of carbonyl (C=O) groups excluding carboxylic acids is 1. The number of benzene rings is 2. The van der Waals surface area contributed by atoms with Gasteiger partial charge in [0.25, 0.3) is 5.91 Å². The fraction of sp³-hybridized carbons (Fsp3) is 0.300. The molecule has 0 saturated carbocycles. The van der Waals surface area contributed by atoms with Gasteiger partial charge in [-0.1, -0.05) is 0 Å². The molecule has 0 aliphatic rings. The lowest BCUT2D eigenvalue weighted by Crippen LogP contribution is -2.28. The molecular weight excluding hydrogens is 364 g/mol. The Hall–Kier alpha value is -3.60. The lowest BCUT2D eigenvalue weighted by molar-refractivity contribution is -0.123. The van der Waals surface area contributed by atoms with Crippen LogP contribution < -0.4 is 29.0 Å². The summed E-state index contributed by atoms with van der Waals surface area (Å²) in [5.41, 5.74) is 1.17. The van der Waals surface area contributed by atoms with Crippen LogP contribution in [0.4, 0.5) is 0 Å². The summed E-state index contributed by atoms with van der Waals surface area (Å²) >= 11 is 0. The first-order valence-electron chi connectivity index (χ1n) is 8.32. The molecule has 148 valence electrons. The van der Waals surface area contributed by atoms with Gasteiger partial charge in [-0.05, 0) is 18.2 Å². The van der Waals surface area contributed by atoms with Gasteiger partial charge in [-0.25, -0.2) is 0 Å². The summed E-state index contributed by atoms with van der Waals surface area (Å²) in [6.07, 6.45) is 0. The van der Waals surface area contributed by atoms with Crippen molar-refractivity contribution in [1.82, 2.24) is 5.32 Å². The van der Waals surface area contributed by atoms with E-state index in [0.717, 1.165) is 5.56 Å². The van der Waals surface area contributed by atoms with Gasteiger partial charge in [-0.3, -0.25) is 4.79 Å². The summed E-state index contributed by atoms with van der Waals surface area (Å²) in [7, 11) is 6.07. The molecule has 28 heavy (non-hydrogen) atoms. The van der Waals surface area contributed by atoms with Crippen molar-refractivity contribution in [2.75, 3.05) is 35.0 Å². The molecule has 0 bridgehead atoms. The van der Waals surface area contributed by atoms with E-state index in [0.29, 0.717) is 34.3 Å². The Labute approximate surface area is 163 Å². The number of nitrogens with one attached hydrogen (secondary N) is 1. The highest BCUT2D eigenvalue weighted by Crippen LogP contribution is 2.34. The van der Waals surface area contributed by atoms with E-state index in [1.807, 2.05) is 6.07 Å². The van der Waals surface area contributed by atoms with Crippen LogP contribution in [0.5, 0.6) is 28.7 Å². The molecule has 8 heteroatoms. The zero-order chi connectivity index (χ0) is 20.5. The highest BCUT2D eigenvalue weighted by molar-refractivity contribution is 5.77. The van der Waals surface area contributed by atoms with Gasteiger partial charge in [0.2, 0.25) is 0 Å². The molecule has 1 N–H and O–H groups in total. The molecule has 0 radical (unpaired) electrons. The predicted molar refractivity (Wildman–Crippen MR) is 101 cm³/mol. The van der Waals surface area contributed by atoms with E-state index in [1.54, 1.807) is 30.3 Å². The van der Waals surface area contributed by atoms with Gasteiger partial charge in [0.1, 0.15) is 5.75 Å². The van der Waals surface area contributed by atoms with E-state index < -0.39 is 0 Å². The van der Waals surface area contributed by atoms with Crippen LogP contribution in [0.15, 0.2) is 30.3 Å². The Morgan fingerprint density at radius 1 is 0.893 bits per heavy atom. The zero-order valence-electron chi connectivity index (χ0n) is 16.2. The molecular formula is C20H22N2O6. The average Bonchev–Trinajstić information content (AvgIpc) is 2.75. The number of rotatable bonds is 9. The van der Waals surface area contributed by atoms with Crippen LogP contribution >= 0.6 is 0 Å². The average molecular weight is 386 g/mol. The summed E-state index contributed by atoms with van der Waals surface area (Å²) in [4.78, 5) is 12.2. The topological polar surface area (TPSA) is 99.0 Å². The van der Waals surface area contributed by atoms with Crippen LogP contribution in [0.2, 0.25) is 0 Å². The number of amides is 1.